The smallest absolute Gasteiger partial charge is 0.239 e. The molecule has 1 atom stereocenters. The summed E-state index contributed by atoms with van der Waals surface area (Å²) < 4.78 is 2.28. The van der Waals surface area contributed by atoms with E-state index in [4.69, 9.17) is 0 Å². The van der Waals surface area contributed by atoms with E-state index in [0.29, 0.717) is 17.1 Å². The molecule has 2 fully saturated rings. The van der Waals surface area contributed by atoms with Crippen molar-refractivity contribution in [3.05, 3.63) is 41.5 Å². The molecule has 1 N–H and O–H groups in total. The van der Waals surface area contributed by atoms with Gasteiger partial charge in [-0.3, -0.25) is 4.79 Å². The molecule has 2 aliphatic carbocycles. The Morgan fingerprint density at radius 2 is 2.00 bits per heavy atom. The first kappa shape index (κ1) is 17.9. The molecule has 2 aromatic heterocycles. The number of nitrogens with one attached hydrogen (secondary N) is 1. The third kappa shape index (κ3) is 3.71. The van der Waals surface area contributed by atoms with Crippen LogP contribution in [0, 0.1) is 0 Å². The van der Waals surface area contributed by atoms with Gasteiger partial charge in [0.1, 0.15) is 5.82 Å². The molecule has 0 spiro atoms. The second-order valence-corrected chi connectivity index (χ2v) is 9.54. The van der Waals surface area contributed by atoms with Gasteiger partial charge in [-0.05, 0) is 32.6 Å². The Hall–Kier alpha value is -2.19. The van der Waals surface area contributed by atoms with Crippen molar-refractivity contribution in [3.63, 3.8) is 0 Å². The monoisotopic (exact) mass is 411 g/mol. The number of hydrogen-bond acceptors (Lipinski definition) is 6. The predicted molar refractivity (Wildman–Crippen MR) is 112 cm³/mol. The maximum Gasteiger partial charge on any atom is 0.239 e. The van der Waals surface area contributed by atoms with Crippen molar-refractivity contribution < 1.29 is 4.79 Å². The number of amides is 1. The van der Waals surface area contributed by atoms with E-state index in [1.165, 1.54) is 48.8 Å². The zero-order chi connectivity index (χ0) is 19.1. The highest BCUT2D eigenvalue weighted by molar-refractivity contribution is 8.00. The molecule has 1 aromatic carbocycles. The Balaban J connectivity index is 1.26. The number of hydrogen-bond donors (Lipinski definition) is 1. The first-order valence-corrected chi connectivity index (χ1v) is 11.4. The summed E-state index contributed by atoms with van der Waals surface area (Å²) in [5.74, 6) is 1.63. The van der Waals surface area contributed by atoms with Crippen molar-refractivity contribution in [1.29, 1.82) is 0 Å². The van der Waals surface area contributed by atoms with Crippen molar-refractivity contribution in [2.45, 2.75) is 55.0 Å². The minimum atomic E-state index is -0.266. The number of thioether (sulfide) groups is 1. The van der Waals surface area contributed by atoms with Gasteiger partial charge < -0.3 is 9.88 Å². The Labute approximate surface area is 171 Å². The van der Waals surface area contributed by atoms with Crippen LogP contribution in [0.4, 0.5) is 5.13 Å². The SMILES string of the molecule is C[C@H](Sc1nnc(C2CC2)n1C1CC1)C(=O)Nc1nc(-c2ccccc2)cs1. The molecule has 5 rings (SSSR count). The van der Waals surface area contributed by atoms with Gasteiger partial charge >= 0.3 is 0 Å². The van der Waals surface area contributed by atoms with Crippen molar-refractivity contribution >= 4 is 34.1 Å². The molecular formula is C20H21N5OS2. The van der Waals surface area contributed by atoms with E-state index < -0.39 is 0 Å². The molecule has 0 aliphatic heterocycles. The highest BCUT2D eigenvalue weighted by Crippen LogP contribution is 2.46. The van der Waals surface area contributed by atoms with Crippen molar-refractivity contribution in [3.8, 4) is 11.3 Å². The lowest BCUT2D eigenvalue weighted by molar-refractivity contribution is -0.115. The molecule has 0 saturated heterocycles. The molecule has 1 amide bonds. The third-order valence-corrected chi connectivity index (χ3v) is 6.82. The summed E-state index contributed by atoms with van der Waals surface area (Å²) in [6.07, 6.45) is 4.79. The molecule has 2 aliphatic rings. The molecule has 28 heavy (non-hydrogen) atoms. The van der Waals surface area contributed by atoms with E-state index in [2.05, 4.69) is 25.1 Å². The Morgan fingerprint density at radius 3 is 2.71 bits per heavy atom. The molecule has 6 nitrogen and oxygen atoms in total. The number of benzene rings is 1. The van der Waals surface area contributed by atoms with Crippen molar-refractivity contribution in [2.24, 2.45) is 0 Å². The summed E-state index contributed by atoms with van der Waals surface area (Å²) in [7, 11) is 0. The number of nitrogens with zero attached hydrogens (tertiary/aromatic N) is 4. The molecule has 144 valence electrons. The van der Waals surface area contributed by atoms with Gasteiger partial charge in [0.05, 0.1) is 10.9 Å². The molecular weight excluding hydrogens is 390 g/mol. The zero-order valence-corrected chi connectivity index (χ0v) is 17.2. The highest BCUT2D eigenvalue weighted by atomic mass is 32.2. The van der Waals surface area contributed by atoms with Crippen LogP contribution in [0.1, 0.15) is 50.4 Å². The standard InChI is InChI=1S/C20H21N5OS2/c1-12(28-20-24-23-17(14-7-8-14)25(20)15-9-10-15)18(26)22-19-21-16(11-27-19)13-5-3-2-4-6-13/h2-6,11-12,14-15H,7-10H2,1H3,(H,21,22,26)/t12-/m0/s1. The predicted octanol–water partition coefficient (Wildman–Crippen LogP) is 4.73. The summed E-state index contributed by atoms with van der Waals surface area (Å²) in [4.78, 5) is 17.2. The van der Waals surface area contributed by atoms with E-state index in [-0.39, 0.29) is 11.2 Å². The minimum absolute atomic E-state index is 0.0581. The first-order chi connectivity index (χ1) is 13.7. The fourth-order valence-corrected chi connectivity index (χ4v) is 4.80. The number of aromatic nitrogens is 4. The van der Waals surface area contributed by atoms with Gasteiger partial charge in [-0.2, -0.15) is 0 Å². The lowest BCUT2D eigenvalue weighted by Crippen LogP contribution is -2.23. The molecule has 0 bridgehead atoms. The van der Waals surface area contributed by atoms with Crippen LogP contribution in [-0.4, -0.2) is 30.9 Å². The van der Waals surface area contributed by atoms with Crippen LogP contribution in [0.5, 0.6) is 0 Å². The van der Waals surface area contributed by atoms with Gasteiger partial charge in [-0.1, -0.05) is 42.1 Å². The molecule has 3 aromatic rings. The molecule has 2 heterocycles. The molecule has 0 radical (unpaired) electrons. The number of anilines is 1. The van der Waals surface area contributed by atoms with Crippen LogP contribution in [-0.2, 0) is 4.79 Å². The fourth-order valence-electron chi connectivity index (χ4n) is 3.16. The van der Waals surface area contributed by atoms with Crippen LogP contribution in [0.2, 0.25) is 0 Å². The van der Waals surface area contributed by atoms with Crippen LogP contribution in [0.25, 0.3) is 11.3 Å². The van der Waals surface area contributed by atoms with E-state index >= 15 is 0 Å². The number of carbonyl (C=O) groups excluding carboxylic acids is 1. The van der Waals surface area contributed by atoms with Crippen molar-refractivity contribution in [2.75, 3.05) is 5.32 Å². The second-order valence-electron chi connectivity index (χ2n) is 7.37. The number of carbonyl (C=O) groups is 1. The normalized spacial score (nSPS) is 17.5. The fraction of sp³-hybridized carbons (Fsp3) is 0.400. The lowest BCUT2D eigenvalue weighted by atomic mass is 10.2. The Kier molecular flexibility index (Phi) is 4.68. The van der Waals surface area contributed by atoms with E-state index in [0.717, 1.165) is 22.2 Å². The quantitative estimate of drug-likeness (QED) is 0.569. The van der Waals surface area contributed by atoms with E-state index in [1.807, 2.05) is 42.6 Å². The van der Waals surface area contributed by atoms with Crippen molar-refractivity contribution in [1.82, 2.24) is 19.7 Å². The number of rotatable bonds is 7. The highest BCUT2D eigenvalue weighted by Gasteiger charge is 2.37. The first-order valence-electron chi connectivity index (χ1n) is 9.62. The zero-order valence-electron chi connectivity index (χ0n) is 15.5. The summed E-state index contributed by atoms with van der Waals surface area (Å²) in [5, 5.41) is 15.0. The van der Waals surface area contributed by atoms with E-state index in [1.54, 1.807) is 0 Å². The molecule has 0 unspecified atom stereocenters. The van der Waals surface area contributed by atoms with Gasteiger partial charge in [-0.15, -0.1) is 21.5 Å². The van der Waals surface area contributed by atoms with Gasteiger partial charge in [0.15, 0.2) is 10.3 Å². The van der Waals surface area contributed by atoms with Gasteiger partial charge in [0.25, 0.3) is 0 Å². The minimum Gasteiger partial charge on any atom is -0.303 e. The Bertz CT molecular complexity index is 991. The van der Waals surface area contributed by atoms with Crippen LogP contribution in [0.15, 0.2) is 40.9 Å². The summed E-state index contributed by atoms with van der Waals surface area (Å²) in [6.45, 7) is 1.91. The third-order valence-electron chi connectivity index (χ3n) is 5.00. The van der Waals surface area contributed by atoms with Crippen LogP contribution < -0.4 is 5.32 Å². The molecule has 2 saturated carbocycles. The summed E-state index contributed by atoms with van der Waals surface area (Å²) in [5.41, 5.74) is 1.93. The second kappa shape index (κ2) is 7.33. The van der Waals surface area contributed by atoms with Gasteiger partial charge in [-0.25, -0.2) is 4.98 Å². The maximum atomic E-state index is 12.7. The van der Waals surface area contributed by atoms with Crippen LogP contribution >= 0.6 is 23.1 Å². The Morgan fingerprint density at radius 1 is 1.21 bits per heavy atom. The number of thiazole rings is 1. The topological polar surface area (TPSA) is 72.7 Å². The summed E-state index contributed by atoms with van der Waals surface area (Å²) >= 11 is 2.93. The maximum absolute atomic E-state index is 12.7. The van der Waals surface area contributed by atoms with Gasteiger partial charge in [0.2, 0.25) is 5.91 Å². The van der Waals surface area contributed by atoms with E-state index in [9.17, 15) is 4.79 Å². The summed E-state index contributed by atoms with van der Waals surface area (Å²) in [6, 6.07) is 10.5. The lowest BCUT2D eigenvalue weighted by Gasteiger charge is -2.12. The largest absolute Gasteiger partial charge is 0.303 e. The average molecular weight is 412 g/mol. The van der Waals surface area contributed by atoms with Crippen LogP contribution in [0.3, 0.4) is 0 Å². The molecule has 8 heteroatoms. The van der Waals surface area contributed by atoms with Gasteiger partial charge in [0, 0.05) is 22.9 Å². The average Bonchev–Trinajstić information content (AvgIpc) is 3.64.